The molecular formula is C15H15FN2OS. The summed E-state index contributed by atoms with van der Waals surface area (Å²) < 4.78 is 14.0. The zero-order valence-corrected chi connectivity index (χ0v) is 11.9. The Morgan fingerprint density at radius 1 is 1.60 bits per heavy atom. The van der Waals surface area contributed by atoms with Gasteiger partial charge in [-0.15, -0.1) is 23.7 Å². The van der Waals surface area contributed by atoms with Crippen LogP contribution in [-0.4, -0.2) is 11.9 Å². The predicted molar refractivity (Wildman–Crippen MR) is 81.2 cm³/mol. The van der Waals surface area contributed by atoms with Gasteiger partial charge in [0.25, 0.3) is 5.91 Å². The summed E-state index contributed by atoms with van der Waals surface area (Å²) in [6.45, 7) is 1.95. The third-order valence-electron chi connectivity index (χ3n) is 3.09. The summed E-state index contributed by atoms with van der Waals surface area (Å²) in [5, 5.41) is 3.43. The number of carbonyl (C=O) groups is 1. The van der Waals surface area contributed by atoms with E-state index >= 15 is 0 Å². The lowest BCUT2D eigenvalue weighted by Gasteiger charge is -2.13. The van der Waals surface area contributed by atoms with E-state index in [2.05, 4.69) is 11.2 Å². The maximum atomic E-state index is 13.2. The van der Waals surface area contributed by atoms with Crippen molar-refractivity contribution in [2.45, 2.75) is 25.8 Å². The third-order valence-corrected chi connectivity index (χ3v) is 4.27. The average Bonchev–Trinajstić information content (AvgIpc) is 2.75. The fourth-order valence-corrected chi connectivity index (χ4v) is 2.95. The molecule has 0 bridgehead atoms. The van der Waals surface area contributed by atoms with Gasteiger partial charge in [-0.25, -0.2) is 4.39 Å². The molecule has 0 saturated carbocycles. The fraction of sp³-hybridized carbons (Fsp3) is 0.267. The first-order valence-corrected chi connectivity index (χ1v) is 7.10. The molecule has 0 saturated heterocycles. The van der Waals surface area contributed by atoms with Crippen LogP contribution >= 0.6 is 11.3 Å². The Labute approximate surface area is 121 Å². The summed E-state index contributed by atoms with van der Waals surface area (Å²) in [5.74, 6) is 1.91. The minimum absolute atomic E-state index is 0.0751. The van der Waals surface area contributed by atoms with Crippen molar-refractivity contribution < 1.29 is 9.18 Å². The van der Waals surface area contributed by atoms with Gasteiger partial charge in [-0.1, -0.05) is 6.92 Å². The Morgan fingerprint density at radius 2 is 2.35 bits per heavy atom. The molecule has 1 aromatic carbocycles. The van der Waals surface area contributed by atoms with Crippen molar-refractivity contribution >= 4 is 33.0 Å². The quantitative estimate of drug-likeness (QED) is 0.850. The highest BCUT2D eigenvalue weighted by Crippen LogP contribution is 2.34. The largest absolute Gasteiger partial charge is 0.397 e. The number of anilines is 1. The number of hydrogen-bond acceptors (Lipinski definition) is 3. The maximum absolute atomic E-state index is 13.2. The number of carbonyl (C=O) groups excluding carboxylic acids is 1. The predicted octanol–water partition coefficient (Wildman–Crippen LogP) is 3.15. The van der Waals surface area contributed by atoms with E-state index in [1.54, 1.807) is 6.07 Å². The average molecular weight is 290 g/mol. The minimum atomic E-state index is -0.368. The second-order valence-electron chi connectivity index (χ2n) is 4.47. The number of thiophene rings is 1. The summed E-state index contributed by atoms with van der Waals surface area (Å²) in [5.41, 5.74) is 6.26. The molecule has 0 fully saturated rings. The van der Waals surface area contributed by atoms with E-state index in [1.807, 2.05) is 6.92 Å². The van der Waals surface area contributed by atoms with Gasteiger partial charge in [0.2, 0.25) is 0 Å². The van der Waals surface area contributed by atoms with Gasteiger partial charge in [-0.05, 0) is 24.6 Å². The number of halogens is 1. The van der Waals surface area contributed by atoms with Crippen molar-refractivity contribution in [1.82, 2.24) is 5.32 Å². The minimum Gasteiger partial charge on any atom is -0.397 e. The number of terminal acetylenes is 1. The molecule has 2 aromatic rings. The Kier molecular flexibility index (Phi) is 4.26. The number of hydrogen-bond donors (Lipinski definition) is 2. The topological polar surface area (TPSA) is 55.1 Å². The second-order valence-corrected chi connectivity index (χ2v) is 5.52. The molecule has 104 valence electrons. The second kappa shape index (κ2) is 5.93. The van der Waals surface area contributed by atoms with E-state index in [1.165, 1.54) is 23.5 Å². The van der Waals surface area contributed by atoms with Crippen LogP contribution in [-0.2, 0) is 0 Å². The van der Waals surface area contributed by atoms with Gasteiger partial charge < -0.3 is 11.1 Å². The van der Waals surface area contributed by atoms with Crippen LogP contribution in [0.3, 0.4) is 0 Å². The maximum Gasteiger partial charge on any atom is 0.263 e. The highest BCUT2D eigenvalue weighted by atomic mass is 32.1. The van der Waals surface area contributed by atoms with Crippen LogP contribution in [0.25, 0.3) is 10.1 Å². The van der Waals surface area contributed by atoms with Gasteiger partial charge in [0.15, 0.2) is 0 Å². The van der Waals surface area contributed by atoms with E-state index in [0.29, 0.717) is 22.4 Å². The van der Waals surface area contributed by atoms with Crippen LogP contribution in [0.5, 0.6) is 0 Å². The number of benzene rings is 1. The Hall–Kier alpha value is -2.06. The first-order chi connectivity index (χ1) is 9.56. The van der Waals surface area contributed by atoms with Gasteiger partial charge >= 0.3 is 0 Å². The Morgan fingerprint density at radius 3 is 3.00 bits per heavy atom. The normalized spacial score (nSPS) is 12.1. The van der Waals surface area contributed by atoms with Crippen LogP contribution in [0.2, 0.25) is 0 Å². The van der Waals surface area contributed by atoms with E-state index in [-0.39, 0.29) is 17.8 Å². The highest BCUT2D eigenvalue weighted by Gasteiger charge is 2.18. The lowest BCUT2D eigenvalue weighted by atomic mass is 10.1. The molecule has 3 nitrogen and oxygen atoms in total. The van der Waals surface area contributed by atoms with Gasteiger partial charge in [-0.3, -0.25) is 4.79 Å². The van der Waals surface area contributed by atoms with Gasteiger partial charge in [-0.2, -0.15) is 0 Å². The van der Waals surface area contributed by atoms with Crippen molar-refractivity contribution in [2.75, 3.05) is 5.73 Å². The molecule has 2 rings (SSSR count). The first-order valence-electron chi connectivity index (χ1n) is 6.28. The molecule has 1 atom stereocenters. The smallest absolute Gasteiger partial charge is 0.263 e. The number of fused-ring (bicyclic) bond motifs is 1. The molecule has 0 spiro atoms. The Balaban J connectivity index is 2.31. The van der Waals surface area contributed by atoms with Crippen molar-refractivity contribution in [2.24, 2.45) is 0 Å². The molecule has 3 N–H and O–H groups in total. The number of nitrogen functional groups attached to an aromatic ring is 1. The standard InChI is InChI=1S/C15H15FN2OS/c1-3-5-10(4-2)18-15(19)14-13(17)11-8-9(16)6-7-12(11)20-14/h1,6-8,10H,4-5,17H2,2H3,(H,18,19). The summed E-state index contributed by atoms with van der Waals surface area (Å²) in [7, 11) is 0. The molecule has 20 heavy (non-hydrogen) atoms. The van der Waals surface area contributed by atoms with Crippen molar-refractivity contribution in [3.63, 3.8) is 0 Å². The molecule has 0 radical (unpaired) electrons. The van der Waals surface area contributed by atoms with Crippen LogP contribution < -0.4 is 11.1 Å². The monoisotopic (exact) mass is 290 g/mol. The van der Waals surface area contributed by atoms with E-state index < -0.39 is 0 Å². The molecular weight excluding hydrogens is 275 g/mol. The van der Waals surface area contributed by atoms with E-state index in [4.69, 9.17) is 12.2 Å². The van der Waals surface area contributed by atoms with E-state index in [0.717, 1.165) is 11.1 Å². The Bertz CT molecular complexity index is 687. The zero-order valence-electron chi connectivity index (χ0n) is 11.1. The SMILES string of the molecule is C#CCC(CC)NC(=O)c1sc2ccc(F)cc2c1N. The molecule has 0 aliphatic heterocycles. The number of amides is 1. The van der Waals surface area contributed by atoms with Crippen LogP contribution in [0, 0.1) is 18.2 Å². The summed E-state index contributed by atoms with van der Waals surface area (Å²) in [6.07, 6.45) is 6.48. The van der Waals surface area contributed by atoms with Crippen molar-refractivity contribution in [3.8, 4) is 12.3 Å². The zero-order chi connectivity index (χ0) is 14.7. The number of rotatable bonds is 4. The summed E-state index contributed by atoms with van der Waals surface area (Å²) in [4.78, 5) is 12.6. The van der Waals surface area contributed by atoms with Crippen LogP contribution in [0.4, 0.5) is 10.1 Å². The van der Waals surface area contributed by atoms with Gasteiger partial charge in [0.05, 0.1) is 5.69 Å². The van der Waals surface area contributed by atoms with Crippen molar-refractivity contribution in [1.29, 1.82) is 0 Å². The van der Waals surface area contributed by atoms with Crippen molar-refractivity contribution in [3.05, 3.63) is 28.9 Å². The van der Waals surface area contributed by atoms with Crippen LogP contribution in [0.1, 0.15) is 29.4 Å². The third kappa shape index (κ3) is 2.75. The number of nitrogens with two attached hydrogens (primary N) is 1. The van der Waals surface area contributed by atoms with Gasteiger partial charge in [0, 0.05) is 22.5 Å². The highest BCUT2D eigenvalue weighted by molar-refractivity contribution is 7.21. The molecule has 0 aliphatic rings. The molecule has 1 heterocycles. The summed E-state index contributed by atoms with van der Waals surface area (Å²) in [6, 6.07) is 4.25. The molecule has 1 aromatic heterocycles. The first kappa shape index (κ1) is 14.4. The molecule has 0 aliphatic carbocycles. The lowest BCUT2D eigenvalue weighted by Crippen LogP contribution is -2.33. The lowest BCUT2D eigenvalue weighted by molar-refractivity contribution is 0.0941. The van der Waals surface area contributed by atoms with Crippen LogP contribution in [0.15, 0.2) is 18.2 Å². The molecule has 5 heteroatoms. The van der Waals surface area contributed by atoms with Gasteiger partial charge in [0.1, 0.15) is 10.7 Å². The van der Waals surface area contributed by atoms with E-state index in [9.17, 15) is 9.18 Å². The molecule has 1 amide bonds. The molecule has 1 unspecified atom stereocenters. The fourth-order valence-electron chi connectivity index (χ4n) is 1.95. The number of nitrogens with one attached hydrogen (secondary N) is 1. The summed E-state index contributed by atoms with van der Waals surface area (Å²) >= 11 is 1.26.